The van der Waals surface area contributed by atoms with Gasteiger partial charge in [-0.25, -0.2) is 0 Å². The average Bonchev–Trinajstić information content (AvgIpc) is 2.53. The summed E-state index contributed by atoms with van der Waals surface area (Å²) in [7, 11) is 0. The normalized spacial score (nSPS) is 22.5. The zero-order chi connectivity index (χ0) is 14.8. The lowest BCUT2D eigenvalue weighted by atomic mass is 10.1. The molecule has 0 radical (unpaired) electrons. The number of fused-ring (bicyclic) bond motifs is 1. The first-order valence-corrected chi connectivity index (χ1v) is 7.17. The summed E-state index contributed by atoms with van der Waals surface area (Å²) < 4.78 is 5.70. The lowest BCUT2D eigenvalue weighted by Crippen LogP contribution is -2.51. The Bertz CT molecular complexity index is 654. The van der Waals surface area contributed by atoms with Crippen LogP contribution in [0, 0.1) is 0 Å². The highest BCUT2D eigenvalue weighted by Gasteiger charge is 2.29. The Hall–Kier alpha value is -1.98. The molecule has 1 aromatic heterocycles. The van der Waals surface area contributed by atoms with Gasteiger partial charge in [-0.3, -0.25) is 9.78 Å². The highest BCUT2D eigenvalue weighted by Crippen LogP contribution is 2.20. The Balaban J connectivity index is 1.93. The fourth-order valence-corrected chi connectivity index (χ4v) is 2.78. The molecule has 0 bridgehead atoms. The van der Waals surface area contributed by atoms with Crippen molar-refractivity contribution in [3.05, 3.63) is 42.2 Å². The minimum atomic E-state index is -0.104. The number of benzene rings is 1. The van der Waals surface area contributed by atoms with E-state index in [1.165, 1.54) is 0 Å². The third-order valence-electron chi connectivity index (χ3n) is 3.75. The summed E-state index contributed by atoms with van der Waals surface area (Å²) in [5, 5.41) is 1.90. The van der Waals surface area contributed by atoms with E-state index in [4.69, 9.17) is 10.5 Å². The number of carbonyl (C=O) groups is 1. The number of pyridine rings is 1. The molecular formula is C16H19N3O2. The summed E-state index contributed by atoms with van der Waals surface area (Å²) >= 11 is 0. The van der Waals surface area contributed by atoms with Gasteiger partial charge in [0.25, 0.3) is 5.91 Å². The zero-order valence-corrected chi connectivity index (χ0v) is 12.0. The minimum Gasteiger partial charge on any atom is -0.370 e. The Morgan fingerprint density at radius 1 is 1.38 bits per heavy atom. The molecule has 5 heteroatoms. The van der Waals surface area contributed by atoms with Gasteiger partial charge in [0, 0.05) is 31.2 Å². The SMILES string of the molecule is CC1CN(C(=O)c2nccc3ccccc23)CC(CN)O1. The van der Waals surface area contributed by atoms with E-state index in [0.29, 0.717) is 25.3 Å². The van der Waals surface area contributed by atoms with Gasteiger partial charge in [0.15, 0.2) is 0 Å². The number of rotatable bonds is 2. The Labute approximate surface area is 123 Å². The monoisotopic (exact) mass is 285 g/mol. The van der Waals surface area contributed by atoms with Crippen molar-refractivity contribution in [2.24, 2.45) is 5.73 Å². The molecule has 5 nitrogen and oxygen atoms in total. The molecule has 3 rings (SSSR count). The molecule has 1 aliphatic rings. The van der Waals surface area contributed by atoms with Crippen LogP contribution in [0.5, 0.6) is 0 Å². The van der Waals surface area contributed by atoms with Crippen LogP contribution in [0.25, 0.3) is 10.8 Å². The van der Waals surface area contributed by atoms with Crippen molar-refractivity contribution < 1.29 is 9.53 Å². The first kappa shape index (κ1) is 14.0. The maximum absolute atomic E-state index is 12.8. The van der Waals surface area contributed by atoms with E-state index in [2.05, 4.69) is 4.98 Å². The Kier molecular flexibility index (Phi) is 3.86. The van der Waals surface area contributed by atoms with Gasteiger partial charge in [0.2, 0.25) is 0 Å². The lowest BCUT2D eigenvalue weighted by molar-refractivity contribution is -0.0626. The summed E-state index contributed by atoms with van der Waals surface area (Å²) in [6.45, 7) is 3.46. The molecule has 110 valence electrons. The number of nitrogens with zero attached hydrogens (tertiary/aromatic N) is 2. The Morgan fingerprint density at radius 3 is 3.00 bits per heavy atom. The number of morpholine rings is 1. The van der Waals surface area contributed by atoms with Gasteiger partial charge in [-0.05, 0) is 18.4 Å². The summed E-state index contributed by atoms with van der Waals surface area (Å²) in [5.41, 5.74) is 6.18. The summed E-state index contributed by atoms with van der Waals surface area (Å²) in [6.07, 6.45) is 1.57. The first-order valence-electron chi connectivity index (χ1n) is 7.17. The number of nitrogens with two attached hydrogens (primary N) is 1. The van der Waals surface area contributed by atoms with Crippen LogP contribution in [0.1, 0.15) is 17.4 Å². The van der Waals surface area contributed by atoms with Gasteiger partial charge >= 0.3 is 0 Å². The molecule has 2 N–H and O–H groups in total. The fraction of sp³-hybridized carbons (Fsp3) is 0.375. The van der Waals surface area contributed by atoms with E-state index in [1.54, 1.807) is 11.1 Å². The summed E-state index contributed by atoms with van der Waals surface area (Å²) in [4.78, 5) is 18.9. The maximum atomic E-state index is 12.8. The number of hydrogen-bond acceptors (Lipinski definition) is 4. The molecule has 2 aromatic rings. The van der Waals surface area contributed by atoms with Crippen molar-refractivity contribution in [1.82, 2.24) is 9.88 Å². The molecule has 1 saturated heterocycles. The van der Waals surface area contributed by atoms with Crippen LogP contribution in [0.4, 0.5) is 0 Å². The second-order valence-corrected chi connectivity index (χ2v) is 5.40. The molecule has 1 aromatic carbocycles. The number of carbonyl (C=O) groups excluding carboxylic acids is 1. The number of amides is 1. The predicted octanol–water partition coefficient (Wildman–Crippen LogP) is 1.42. The van der Waals surface area contributed by atoms with Crippen LogP contribution in [0.3, 0.4) is 0 Å². The van der Waals surface area contributed by atoms with Crippen LogP contribution >= 0.6 is 0 Å². The van der Waals surface area contributed by atoms with Gasteiger partial charge in [0.1, 0.15) is 5.69 Å². The molecular weight excluding hydrogens is 266 g/mol. The molecule has 2 heterocycles. The topological polar surface area (TPSA) is 68.5 Å². The smallest absolute Gasteiger partial charge is 0.273 e. The summed E-state index contributed by atoms with van der Waals surface area (Å²) in [5.74, 6) is -0.0552. The van der Waals surface area contributed by atoms with Crippen molar-refractivity contribution >= 4 is 16.7 Å². The van der Waals surface area contributed by atoms with Crippen LogP contribution in [0.2, 0.25) is 0 Å². The van der Waals surface area contributed by atoms with E-state index in [0.717, 1.165) is 10.8 Å². The van der Waals surface area contributed by atoms with Crippen LogP contribution < -0.4 is 5.73 Å². The van der Waals surface area contributed by atoms with Crippen molar-refractivity contribution in [2.75, 3.05) is 19.6 Å². The number of aromatic nitrogens is 1. The van der Waals surface area contributed by atoms with E-state index in [9.17, 15) is 4.79 Å². The average molecular weight is 285 g/mol. The van der Waals surface area contributed by atoms with Gasteiger partial charge < -0.3 is 15.4 Å². The van der Waals surface area contributed by atoms with Crippen molar-refractivity contribution in [1.29, 1.82) is 0 Å². The van der Waals surface area contributed by atoms with Gasteiger partial charge in [-0.15, -0.1) is 0 Å². The number of ether oxygens (including phenoxy) is 1. The minimum absolute atomic E-state index is 0.00812. The van der Waals surface area contributed by atoms with Crippen LogP contribution in [-0.4, -0.2) is 47.6 Å². The fourth-order valence-electron chi connectivity index (χ4n) is 2.78. The summed E-state index contributed by atoms with van der Waals surface area (Å²) in [6, 6.07) is 9.71. The van der Waals surface area contributed by atoms with E-state index in [-0.39, 0.29) is 18.1 Å². The molecule has 21 heavy (non-hydrogen) atoms. The lowest BCUT2D eigenvalue weighted by Gasteiger charge is -2.36. The zero-order valence-electron chi connectivity index (χ0n) is 12.0. The largest absolute Gasteiger partial charge is 0.370 e. The van der Waals surface area contributed by atoms with E-state index >= 15 is 0 Å². The van der Waals surface area contributed by atoms with Gasteiger partial charge in [-0.1, -0.05) is 24.3 Å². The highest BCUT2D eigenvalue weighted by atomic mass is 16.5. The molecule has 0 aliphatic carbocycles. The second-order valence-electron chi connectivity index (χ2n) is 5.40. The quantitative estimate of drug-likeness (QED) is 0.906. The molecule has 1 amide bonds. The standard InChI is InChI=1S/C16H19N3O2/c1-11-9-19(10-13(8-17)21-11)16(20)15-14-5-3-2-4-12(14)6-7-18-15/h2-7,11,13H,8-10,17H2,1H3. The van der Waals surface area contributed by atoms with Gasteiger partial charge in [-0.2, -0.15) is 0 Å². The molecule has 2 unspecified atom stereocenters. The second kappa shape index (κ2) is 5.79. The third kappa shape index (κ3) is 2.75. The van der Waals surface area contributed by atoms with Crippen LogP contribution in [-0.2, 0) is 4.74 Å². The van der Waals surface area contributed by atoms with E-state index in [1.807, 2.05) is 37.3 Å². The first-order chi connectivity index (χ1) is 10.2. The number of hydrogen-bond donors (Lipinski definition) is 1. The van der Waals surface area contributed by atoms with E-state index < -0.39 is 0 Å². The highest BCUT2D eigenvalue weighted by molar-refractivity contribution is 6.05. The van der Waals surface area contributed by atoms with Crippen molar-refractivity contribution in [3.63, 3.8) is 0 Å². The maximum Gasteiger partial charge on any atom is 0.273 e. The third-order valence-corrected chi connectivity index (χ3v) is 3.75. The molecule has 2 atom stereocenters. The van der Waals surface area contributed by atoms with Crippen molar-refractivity contribution in [3.8, 4) is 0 Å². The molecule has 0 saturated carbocycles. The van der Waals surface area contributed by atoms with Crippen LogP contribution in [0.15, 0.2) is 36.5 Å². The molecule has 1 aliphatic heterocycles. The molecule has 1 fully saturated rings. The van der Waals surface area contributed by atoms with Crippen molar-refractivity contribution in [2.45, 2.75) is 19.1 Å². The molecule has 0 spiro atoms. The predicted molar refractivity (Wildman–Crippen MR) is 81.0 cm³/mol. The Morgan fingerprint density at radius 2 is 2.19 bits per heavy atom. The van der Waals surface area contributed by atoms with Gasteiger partial charge in [0.05, 0.1) is 12.2 Å².